The van der Waals surface area contributed by atoms with Crippen molar-refractivity contribution < 1.29 is 29.2 Å². The minimum atomic E-state index is -0.628. The molecule has 0 aliphatic carbocycles. The largest absolute Gasteiger partial charge is 0.507 e. The number of phenols is 2. The van der Waals surface area contributed by atoms with Crippen molar-refractivity contribution >= 4 is 31.9 Å². The average Bonchev–Trinajstić information content (AvgIpc) is 2.64. The standard InChI is InChI=1S/C19H18Br2O6/c20-11-1-3-13(15(22)5-11)17-24-7-19(8-25-17)9-26-18(27-10-19)14-4-2-12(21)6-16(14)23/h1-6,17-18,22-23H,7-10H2. The van der Waals surface area contributed by atoms with Crippen molar-refractivity contribution in [2.45, 2.75) is 12.6 Å². The van der Waals surface area contributed by atoms with Gasteiger partial charge in [0.25, 0.3) is 0 Å². The summed E-state index contributed by atoms with van der Waals surface area (Å²) in [5.41, 5.74) is 0.759. The molecule has 2 aliphatic heterocycles. The van der Waals surface area contributed by atoms with Crippen molar-refractivity contribution in [2.75, 3.05) is 26.4 Å². The van der Waals surface area contributed by atoms with Crippen LogP contribution in [0, 0.1) is 5.41 Å². The number of phenolic OH excluding ortho intramolecular Hbond substituents is 2. The predicted molar refractivity (Wildman–Crippen MR) is 103 cm³/mol. The quantitative estimate of drug-likeness (QED) is 0.635. The summed E-state index contributed by atoms with van der Waals surface area (Å²) in [5.74, 6) is 0.236. The van der Waals surface area contributed by atoms with E-state index in [1.807, 2.05) is 12.1 Å². The fourth-order valence-electron chi connectivity index (χ4n) is 3.15. The number of rotatable bonds is 2. The minimum absolute atomic E-state index is 0.118. The zero-order chi connectivity index (χ0) is 19.0. The number of hydrogen-bond acceptors (Lipinski definition) is 6. The highest BCUT2D eigenvalue weighted by atomic mass is 79.9. The van der Waals surface area contributed by atoms with Gasteiger partial charge in [0.15, 0.2) is 12.6 Å². The van der Waals surface area contributed by atoms with Crippen molar-refractivity contribution in [1.82, 2.24) is 0 Å². The molecule has 2 aliphatic rings. The maximum atomic E-state index is 10.1. The lowest BCUT2D eigenvalue weighted by Gasteiger charge is -2.43. The van der Waals surface area contributed by atoms with Crippen molar-refractivity contribution in [1.29, 1.82) is 0 Å². The third kappa shape index (κ3) is 4.01. The zero-order valence-electron chi connectivity index (χ0n) is 14.2. The van der Waals surface area contributed by atoms with Gasteiger partial charge in [-0.25, -0.2) is 0 Å². The fraction of sp³-hybridized carbons (Fsp3) is 0.368. The Hall–Kier alpha value is -1.16. The summed E-state index contributed by atoms with van der Waals surface area (Å²) in [4.78, 5) is 0. The first kappa shape index (κ1) is 19.2. The van der Waals surface area contributed by atoms with Crippen LogP contribution in [0.1, 0.15) is 23.7 Å². The molecular formula is C19H18Br2O6. The van der Waals surface area contributed by atoms with E-state index in [1.54, 1.807) is 24.3 Å². The molecule has 2 heterocycles. The molecule has 0 radical (unpaired) electrons. The highest BCUT2D eigenvalue weighted by molar-refractivity contribution is 9.10. The SMILES string of the molecule is Oc1cc(Br)ccc1C1OCC2(CO1)COC(c1ccc(Br)cc1O)OC2. The minimum Gasteiger partial charge on any atom is -0.507 e. The first-order valence-corrected chi connectivity index (χ1v) is 9.98. The van der Waals surface area contributed by atoms with Gasteiger partial charge in [-0.05, 0) is 36.4 Å². The number of halogens is 2. The number of benzene rings is 2. The molecule has 2 N–H and O–H groups in total. The van der Waals surface area contributed by atoms with E-state index < -0.39 is 18.0 Å². The molecule has 0 atom stereocenters. The Kier molecular flexibility index (Phi) is 5.46. The van der Waals surface area contributed by atoms with E-state index in [4.69, 9.17) is 18.9 Å². The van der Waals surface area contributed by atoms with Gasteiger partial charge in [-0.3, -0.25) is 0 Å². The van der Waals surface area contributed by atoms with Gasteiger partial charge in [-0.2, -0.15) is 0 Å². The Morgan fingerprint density at radius 2 is 1.07 bits per heavy atom. The van der Waals surface area contributed by atoms with Crippen LogP contribution in [0.2, 0.25) is 0 Å². The van der Waals surface area contributed by atoms with Crippen LogP contribution < -0.4 is 0 Å². The Morgan fingerprint density at radius 1 is 0.704 bits per heavy atom. The van der Waals surface area contributed by atoms with Gasteiger partial charge in [0.2, 0.25) is 0 Å². The molecule has 2 fully saturated rings. The summed E-state index contributed by atoms with van der Waals surface area (Å²) < 4.78 is 25.0. The highest BCUT2D eigenvalue weighted by Gasteiger charge is 2.43. The number of aromatic hydroxyl groups is 2. The molecule has 0 amide bonds. The molecule has 4 rings (SSSR count). The molecule has 2 saturated heterocycles. The average molecular weight is 502 g/mol. The Morgan fingerprint density at radius 3 is 1.41 bits per heavy atom. The third-order valence-electron chi connectivity index (χ3n) is 4.66. The van der Waals surface area contributed by atoms with Crippen LogP contribution >= 0.6 is 31.9 Å². The van der Waals surface area contributed by atoms with E-state index >= 15 is 0 Å². The first-order chi connectivity index (χ1) is 13.0. The lowest BCUT2D eigenvalue weighted by Crippen LogP contribution is -2.49. The Balaban J connectivity index is 1.38. The summed E-state index contributed by atoms with van der Waals surface area (Å²) >= 11 is 6.63. The van der Waals surface area contributed by atoms with Gasteiger partial charge in [0.05, 0.1) is 31.8 Å². The van der Waals surface area contributed by atoms with Gasteiger partial charge >= 0.3 is 0 Å². The molecule has 1 spiro atoms. The molecule has 2 aromatic rings. The smallest absolute Gasteiger partial charge is 0.187 e. The van der Waals surface area contributed by atoms with Crippen LogP contribution in [-0.4, -0.2) is 36.6 Å². The van der Waals surface area contributed by atoms with E-state index in [-0.39, 0.29) is 11.5 Å². The summed E-state index contributed by atoms with van der Waals surface area (Å²) in [6, 6.07) is 10.4. The first-order valence-electron chi connectivity index (χ1n) is 8.39. The monoisotopic (exact) mass is 500 g/mol. The van der Waals surface area contributed by atoms with Crippen LogP contribution in [0.4, 0.5) is 0 Å². The van der Waals surface area contributed by atoms with Crippen molar-refractivity contribution in [3.63, 3.8) is 0 Å². The lowest BCUT2D eigenvalue weighted by molar-refractivity contribution is -0.307. The van der Waals surface area contributed by atoms with Crippen molar-refractivity contribution in [3.8, 4) is 11.5 Å². The van der Waals surface area contributed by atoms with Crippen molar-refractivity contribution in [3.05, 3.63) is 56.5 Å². The van der Waals surface area contributed by atoms with Crippen LogP contribution in [0.5, 0.6) is 11.5 Å². The van der Waals surface area contributed by atoms with Gasteiger partial charge < -0.3 is 29.2 Å². The fourth-order valence-corrected chi connectivity index (χ4v) is 3.85. The van der Waals surface area contributed by atoms with Crippen LogP contribution in [0.15, 0.2) is 45.3 Å². The highest BCUT2D eigenvalue weighted by Crippen LogP contribution is 2.41. The normalized spacial score (nSPS) is 28.4. The van der Waals surface area contributed by atoms with Crippen LogP contribution in [-0.2, 0) is 18.9 Å². The molecule has 0 bridgehead atoms. The lowest BCUT2D eigenvalue weighted by atomic mass is 9.90. The van der Waals surface area contributed by atoms with Crippen LogP contribution in [0.3, 0.4) is 0 Å². The summed E-state index contributed by atoms with van der Waals surface area (Å²) in [6.07, 6.45) is -1.26. The number of hydrogen-bond donors (Lipinski definition) is 2. The van der Waals surface area contributed by atoms with Gasteiger partial charge in [-0.1, -0.05) is 31.9 Å². The number of ether oxygens (including phenoxy) is 4. The Bertz CT molecular complexity index is 754. The van der Waals surface area contributed by atoms with E-state index in [0.29, 0.717) is 37.6 Å². The summed E-state index contributed by atoms with van der Waals surface area (Å²) in [6.45, 7) is 1.52. The van der Waals surface area contributed by atoms with Gasteiger partial charge in [-0.15, -0.1) is 0 Å². The van der Waals surface area contributed by atoms with Gasteiger partial charge in [0, 0.05) is 20.1 Å². The second-order valence-corrected chi connectivity index (χ2v) is 8.65. The van der Waals surface area contributed by atoms with E-state index in [1.165, 1.54) is 0 Å². The summed E-state index contributed by atoms with van der Waals surface area (Å²) in [5, 5.41) is 20.2. The van der Waals surface area contributed by atoms with E-state index in [9.17, 15) is 10.2 Å². The molecule has 144 valence electrons. The van der Waals surface area contributed by atoms with E-state index in [0.717, 1.165) is 8.95 Å². The molecular weight excluding hydrogens is 484 g/mol. The third-order valence-corrected chi connectivity index (χ3v) is 5.64. The second-order valence-electron chi connectivity index (χ2n) is 6.81. The molecule has 6 nitrogen and oxygen atoms in total. The molecule has 0 aromatic heterocycles. The Labute approximate surface area is 173 Å². The summed E-state index contributed by atoms with van der Waals surface area (Å²) in [7, 11) is 0. The van der Waals surface area contributed by atoms with Crippen LogP contribution in [0.25, 0.3) is 0 Å². The topological polar surface area (TPSA) is 77.4 Å². The molecule has 0 unspecified atom stereocenters. The maximum Gasteiger partial charge on any atom is 0.187 e. The van der Waals surface area contributed by atoms with Crippen molar-refractivity contribution in [2.24, 2.45) is 5.41 Å². The second kappa shape index (κ2) is 7.69. The molecule has 8 heteroatoms. The molecule has 27 heavy (non-hydrogen) atoms. The maximum absolute atomic E-state index is 10.1. The van der Waals surface area contributed by atoms with Gasteiger partial charge in [0.1, 0.15) is 11.5 Å². The van der Waals surface area contributed by atoms with E-state index in [2.05, 4.69) is 31.9 Å². The zero-order valence-corrected chi connectivity index (χ0v) is 17.4. The molecule has 2 aromatic carbocycles. The molecule has 0 saturated carbocycles. The predicted octanol–water partition coefficient (Wildman–Crippen LogP) is 4.40.